The van der Waals surface area contributed by atoms with Crippen LogP contribution < -0.4 is 0 Å². The molecule has 0 aromatic rings. The van der Waals surface area contributed by atoms with E-state index in [1.54, 1.807) is 0 Å². The molecule has 1 heteroatoms. The molecule has 2 aliphatic rings. The first-order valence-electron chi connectivity index (χ1n) is 4.15. The van der Waals surface area contributed by atoms with Crippen LogP contribution in [0.1, 0.15) is 25.7 Å². The van der Waals surface area contributed by atoms with E-state index < -0.39 is 0 Å². The zero-order chi connectivity index (χ0) is 7.03. The fraction of sp³-hybridized carbons (Fsp3) is 0.778. The van der Waals surface area contributed by atoms with Crippen molar-refractivity contribution in [3.63, 3.8) is 0 Å². The van der Waals surface area contributed by atoms with Crippen molar-refractivity contribution in [3.8, 4) is 0 Å². The van der Waals surface area contributed by atoms with Gasteiger partial charge in [0.05, 0.1) is 0 Å². The van der Waals surface area contributed by atoms with E-state index >= 15 is 0 Å². The normalized spacial score (nSPS) is 43.1. The van der Waals surface area contributed by atoms with Crippen LogP contribution in [-0.2, 0) is 0 Å². The van der Waals surface area contributed by atoms with Gasteiger partial charge in [-0.3, -0.25) is 0 Å². The minimum atomic E-state index is 0.358. The molecule has 56 valence electrons. The van der Waals surface area contributed by atoms with Gasteiger partial charge >= 0.3 is 0 Å². The Balaban J connectivity index is 2.09. The summed E-state index contributed by atoms with van der Waals surface area (Å²) in [5.74, 6) is 0.853. The lowest BCUT2D eigenvalue weighted by atomic mass is 9.85. The van der Waals surface area contributed by atoms with Crippen LogP contribution in [0.15, 0.2) is 12.2 Å². The molecule has 1 N–H and O–H groups in total. The molecular weight excluding hydrogens is 124 g/mol. The topological polar surface area (TPSA) is 20.2 Å². The van der Waals surface area contributed by atoms with Crippen LogP contribution in [0.3, 0.4) is 0 Å². The Hall–Kier alpha value is -0.300. The molecular formula is C9H14O. The summed E-state index contributed by atoms with van der Waals surface area (Å²) in [6, 6.07) is 0. The van der Waals surface area contributed by atoms with Gasteiger partial charge in [0.25, 0.3) is 0 Å². The summed E-state index contributed by atoms with van der Waals surface area (Å²) in [7, 11) is 0. The monoisotopic (exact) mass is 138 g/mol. The van der Waals surface area contributed by atoms with E-state index in [2.05, 4.69) is 12.2 Å². The minimum Gasteiger partial charge on any atom is -0.396 e. The zero-order valence-electron chi connectivity index (χ0n) is 6.21. The maximum Gasteiger partial charge on any atom is 0.0439 e. The number of hydrogen-bond donors (Lipinski definition) is 1. The van der Waals surface area contributed by atoms with E-state index in [4.69, 9.17) is 5.11 Å². The Bertz CT molecular complexity index is 162. The quantitative estimate of drug-likeness (QED) is 0.576. The largest absolute Gasteiger partial charge is 0.396 e. The fourth-order valence-corrected chi connectivity index (χ4v) is 2.39. The first-order valence-corrected chi connectivity index (χ1v) is 4.15. The molecule has 2 rings (SSSR count). The molecule has 0 aliphatic heterocycles. The summed E-state index contributed by atoms with van der Waals surface area (Å²) in [5, 5.41) is 8.81. The summed E-state index contributed by atoms with van der Waals surface area (Å²) >= 11 is 0. The van der Waals surface area contributed by atoms with E-state index in [9.17, 15) is 0 Å². The fourth-order valence-electron chi connectivity index (χ4n) is 2.39. The van der Waals surface area contributed by atoms with Gasteiger partial charge in [-0.05, 0) is 37.0 Å². The third-order valence-electron chi connectivity index (χ3n) is 3.01. The van der Waals surface area contributed by atoms with E-state index in [0.717, 1.165) is 12.3 Å². The maximum absolute atomic E-state index is 8.81. The molecule has 1 nitrogen and oxygen atoms in total. The molecule has 0 saturated heterocycles. The average molecular weight is 138 g/mol. The van der Waals surface area contributed by atoms with Crippen LogP contribution >= 0.6 is 0 Å². The van der Waals surface area contributed by atoms with Crippen LogP contribution in [0.5, 0.6) is 0 Å². The van der Waals surface area contributed by atoms with Gasteiger partial charge in [0.2, 0.25) is 0 Å². The van der Waals surface area contributed by atoms with Gasteiger partial charge in [-0.25, -0.2) is 0 Å². The molecule has 0 aromatic carbocycles. The lowest BCUT2D eigenvalue weighted by Gasteiger charge is -2.21. The van der Waals surface area contributed by atoms with Gasteiger partial charge in [-0.1, -0.05) is 12.2 Å². The molecule has 0 spiro atoms. The molecule has 10 heavy (non-hydrogen) atoms. The standard InChI is InChI=1S/C9H14O/c10-6-5-9-3-1-8(7-9)2-4-9/h1,3,8,10H,2,4-7H2. The molecule has 2 atom stereocenters. The number of hydrogen-bond acceptors (Lipinski definition) is 1. The van der Waals surface area contributed by atoms with Gasteiger partial charge in [-0.2, -0.15) is 0 Å². The van der Waals surface area contributed by atoms with Crippen molar-refractivity contribution in [2.24, 2.45) is 11.3 Å². The van der Waals surface area contributed by atoms with Crippen LogP contribution in [0, 0.1) is 11.3 Å². The zero-order valence-corrected chi connectivity index (χ0v) is 6.21. The Morgan fingerprint density at radius 2 is 2.50 bits per heavy atom. The third kappa shape index (κ3) is 0.807. The van der Waals surface area contributed by atoms with E-state index in [1.807, 2.05) is 0 Å². The van der Waals surface area contributed by atoms with E-state index in [0.29, 0.717) is 12.0 Å². The van der Waals surface area contributed by atoms with Crippen LogP contribution in [-0.4, -0.2) is 11.7 Å². The van der Waals surface area contributed by atoms with Crippen molar-refractivity contribution in [2.75, 3.05) is 6.61 Å². The second-order valence-electron chi connectivity index (χ2n) is 3.70. The Kier molecular flexibility index (Phi) is 1.34. The maximum atomic E-state index is 8.81. The molecule has 0 radical (unpaired) electrons. The molecule has 0 aromatic heterocycles. The van der Waals surface area contributed by atoms with Crippen molar-refractivity contribution in [2.45, 2.75) is 25.7 Å². The van der Waals surface area contributed by atoms with Gasteiger partial charge in [0.15, 0.2) is 0 Å². The van der Waals surface area contributed by atoms with E-state index in [1.165, 1.54) is 19.3 Å². The van der Waals surface area contributed by atoms with Crippen LogP contribution in [0.2, 0.25) is 0 Å². The number of aliphatic hydroxyl groups excluding tert-OH is 1. The van der Waals surface area contributed by atoms with E-state index in [-0.39, 0.29) is 0 Å². The Morgan fingerprint density at radius 3 is 2.90 bits per heavy atom. The first kappa shape index (κ1) is 6.41. The number of fused-ring (bicyclic) bond motifs is 2. The number of aliphatic hydroxyl groups is 1. The highest BCUT2D eigenvalue weighted by Crippen LogP contribution is 2.50. The summed E-state index contributed by atoms with van der Waals surface area (Å²) in [4.78, 5) is 0. The van der Waals surface area contributed by atoms with Crippen molar-refractivity contribution >= 4 is 0 Å². The average Bonchev–Trinajstić information content (AvgIpc) is 2.46. The van der Waals surface area contributed by atoms with Crippen molar-refractivity contribution in [1.82, 2.24) is 0 Å². The summed E-state index contributed by atoms with van der Waals surface area (Å²) in [6.07, 6.45) is 9.63. The number of allylic oxidation sites excluding steroid dienone is 2. The van der Waals surface area contributed by atoms with Crippen molar-refractivity contribution < 1.29 is 5.11 Å². The van der Waals surface area contributed by atoms with Crippen LogP contribution in [0.4, 0.5) is 0 Å². The predicted molar refractivity (Wildman–Crippen MR) is 40.6 cm³/mol. The van der Waals surface area contributed by atoms with Gasteiger partial charge in [0, 0.05) is 6.61 Å². The van der Waals surface area contributed by atoms with Crippen molar-refractivity contribution in [1.29, 1.82) is 0 Å². The third-order valence-corrected chi connectivity index (χ3v) is 3.01. The van der Waals surface area contributed by atoms with Crippen LogP contribution in [0.25, 0.3) is 0 Å². The molecule has 1 saturated carbocycles. The minimum absolute atomic E-state index is 0.358. The summed E-state index contributed by atoms with van der Waals surface area (Å²) < 4.78 is 0. The molecule has 1 fully saturated rings. The molecule has 2 bridgehead atoms. The lowest BCUT2D eigenvalue weighted by molar-refractivity contribution is 0.224. The Labute approximate surface area is 61.8 Å². The highest BCUT2D eigenvalue weighted by molar-refractivity contribution is 5.15. The van der Waals surface area contributed by atoms with Gasteiger partial charge in [-0.15, -0.1) is 0 Å². The summed E-state index contributed by atoms with van der Waals surface area (Å²) in [6.45, 7) is 0.358. The number of rotatable bonds is 2. The SMILES string of the molecule is OCCC12C=CC(CC1)C2. The predicted octanol–water partition coefficient (Wildman–Crippen LogP) is 1.73. The smallest absolute Gasteiger partial charge is 0.0439 e. The molecule has 0 heterocycles. The summed E-state index contributed by atoms with van der Waals surface area (Å²) in [5.41, 5.74) is 0.430. The molecule has 0 amide bonds. The van der Waals surface area contributed by atoms with Crippen molar-refractivity contribution in [3.05, 3.63) is 12.2 Å². The highest BCUT2D eigenvalue weighted by Gasteiger charge is 2.39. The van der Waals surface area contributed by atoms with Gasteiger partial charge < -0.3 is 5.11 Å². The first-order chi connectivity index (χ1) is 4.85. The second-order valence-corrected chi connectivity index (χ2v) is 3.70. The molecule has 2 aliphatic carbocycles. The second kappa shape index (κ2) is 2.09. The highest BCUT2D eigenvalue weighted by atomic mass is 16.3. The lowest BCUT2D eigenvalue weighted by Crippen LogP contribution is -2.12. The van der Waals surface area contributed by atoms with Gasteiger partial charge in [0.1, 0.15) is 0 Å². The molecule has 2 unspecified atom stereocenters. The Morgan fingerprint density at radius 1 is 1.60 bits per heavy atom.